The summed E-state index contributed by atoms with van der Waals surface area (Å²) in [5.41, 5.74) is 3.77. The highest BCUT2D eigenvalue weighted by Gasteiger charge is 2.22. The van der Waals surface area contributed by atoms with E-state index >= 15 is 0 Å². The molecule has 0 atom stereocenters. The van der Waals surface area contributed by atoms with Gasteiger partial charge in [-0.25, -0.2) is 0 Å². The highest BCUT2D eigenvalue weighted by Crippen LogP contribution is 2.36. The molecule has 2 aromatic rings. The van der Waals surface area contributed by atoms with Gasteiger partial charge in [-0.2, -0.15) is 0 Å². The van der Waals surface area contributed by atoms with Crippen molar-refractivity contribution in [1.29, 1.82) is 0 Å². The number of pyridine rings is 1. The number of anilines is 1. The average Bonchev–Trinajstić information content (AvgIpc) is 2.48. The summed E-state index contributed by atoms with van der Waals surface area (Å²) in [5, 5.41) is 12.1. The number of benzene rings is 1. The van der Waals surface area contributed by atoms with E-state index in [1.54, 1.807) is 12.1 Å². The minimum Gasteiger partial charge on any atom is -0.371 e. The van der Waals surface area contributed by atoms with Gasteiger partial charge in [-0.3, -0.25) is 15.1 Å². The summed E-state index contributed by atoms with van der Waals surface area (Å²) in [6.07, 6.45) is 3.52. The normalized spacial score (nSPS) is 15.4. The first kappa shape index (κ1) is 13.8. The fraction of sp³-hybridized carbons (Fsp3) is 0.438. The molecular formula is C16H19N3O2. The zero-order valence-corrected chi connectivity index (χ0v) is 12.4. The molecule has 0 amide bonds. The number of non-ortho nitro benzene ring substituents is 1. The van der Waals surface area contributed by atoms with Gasteiger partial charge >= 0.3 is 0 Å². The lowest BCUT2D eigenvalue weighted by molar-refractivity contribution is -0.383. The van der Waals surface area contributed by atoms with Crippen LogP contribution in [-0.4, -0.2) is 23.0 Å². The molecule has 1 aliphatic heterocycles. The van der Waals surface area contributed by atoms with Crippen LogP contribution in [0, 0.1) is 24.0 Å². The van der Waals surface area contributed by atoms with Crippen LogP contribution in [0.4, 0.5) is 11.4 Å². The van der Waals surface area contributed by atoms with Crippen molar-refractivity contribution in [3.63, 3.8) is 0 Å². The van der Waals surface area contributed by atoms with Crippen LogP contribution >= 0.6 is 0 Å². The van der Waals surface area contributed by atoms with E-state index in [0.29, 0.717) is 5.39 Å². The second-order valence-electron chi connectivity index (χ2n) is 5.71. The third-order valence-electron chi connectivity index (χ3n) is 4.14. The van der Waals surface area contributed by atoms with Crippen LogP contribution in [0.3, 0.4) is 0 Å². The molecule has 1 aromatic heterocycles. The first-order chi connectivity index (χ1) is 10.1. The Morgan fingerprint density at radius 3 is 2.57 bits per heavy atom. The third-order valence-corrected chi connectivity index (χ3v) is 4.14. The number of aryl methyl sites for hydroxylation is 2. The van der Waals surface area contributed by atoms with Gasteiger partial charge in [0.2, 0.25) is 0 Å². The maximum atomic E-state index is 11.4. The Bertz CT molecular complexity index is 706. The molecule has 0 N–H and O–H groups in total. The Morgan fingerprint density at radius 1 is 1.19 bits per heavy atom. The van der Waals surface area contributed by atoms with E-state index in [4.69, 9.17) is 0 Å². The van der Waals surface area contributed by atoms with Crippen molar-refractivity contribution in [2.24, 2.45) is 0 Å². The Balaban J connectivity index is 2.30. The molecule has 110 valence electrons. The molecule has 0 aliphatic carbocycles. The fourth-order valence-electron chi connectivity index (χ4n) is 3.10. The largest absolute Gasteiger partial charge is 0.371 e. The number of hydrogen-bond acceptors (Lipinski definition) is 4. The van der Waals surface area contributed by atoms with Crippen LogP contribution in [0.1, 0.15) is 30.5 Å². The number of aromatic nitrogens is 1. The van der Waals surface area contributed by atoms with Crippen LogP contribution in [0.5, 0.6) is 0 Å². The molecular weight excluding hydrogens is 266 g/mol. The molecule has 0 radical (unpaired) electrons. The van der Waals surface area contributed by atoms with E-state index in [1.807, 2.05) is 19.9 Å². The topological polar surface area (TPSA) is 59.3 Å². The number of piperidine rings is 1. The van der Waals surface area contributed by atoms with E-state index in [0.717, 1.165) is 48.4 Å². The van der Waals surface area contributed by atoms with E-state index in [2.05, 4.69) is 9.88 Å². The molecule has 0 unspecified atom stereocenters. The van der Waals surface area contributed by atoms with Gasteiger partial charge < -0.3 is 4.90 Å². The minimum absolute atomic E-state index is 0.156. The van der Waals surface area contributed by atoms with Gasteiger partial charge in [0.25, 0.3) is 5.69 Å². The van der Waals surface area contributed by atoms with Crippen LogP contribution < -0.4 is 4.90 Å². The molecule has 21 heavy (non-hydrogen) atoms. The number of rotatable bonds is 2. The maximum Gasteiger partial charge on any atom is 0.280 e. The van der Waals surface area contributed by atoms with Gasteiger partial charge in [-0.15, -0.1) is 0 Å². The molecule has 1 saturated heterocycles. The third kappa shape index (κ3) is 2.44. The quantitative estimate of drug-likeness (QED) is 0.623. The van der Waals surface area contributed by atoms with Gasteiger partial charge in [0.15, 0.2) is 0 Å². The van der Waals surface area contributed by atoms with Crippen molar-refractivity contribution in [2.75, 3.05) is 18.0 Å². The van der Waals surface area contributed by atoms with Gasteiger partial charge in [0.1, 0.15) is 5.39 Å². The Labute approximate surface area is 123 Å². The van der Waals surface area contributed by atoms with Crippen LogP contribution in [0.15, 0.2) is 18.2 Å². The number of nitrogens with zero attached hydrogens (tertiary/aromatic N) is 3. The summed E-state index contributed by atoms with van der Waals surface area (Å²) in [7, 11) is 0. The fourth-order valence-corrected chi connectivity index (χ4v) is 3.10. The molecule has 0 spiro atoms. The van der Waals surface area contributed by atoms with E-state index in [1.165, 1.54) is 6.42 Å². The average molecular weight is 285 g/mol. The number of hydrogen-bond donors (Lipinski definition) is 0. The smallest absolute Gasteiger partial charge is 0.280 e. The molecule has 1 aromatic carbocycles. The van der Waals surface area contributed by atoms with Gasteiger partial charge in [-0.05, 0) is 44.7 Å². The van der Waals surface area contributed by atoms with Gasteiger partial charge in [0.05, 0.1) is 16.1 Å². The van der Waals surface area contributed by atoms with Gasteiger partial charge in [0, 0.05) is 24.8 Å². The lowest BCUT2D eigenvalue weighted by Crippen LogP contribution is -2.29. The molecule has 1 fully saturated rings. The zero-order chi connectivity index (χ0) is 15.0. The van der Waals surface area contributed by atoms with Crippen LogP contribution in [-0.2, 0) is 0 Å². The standard InChI is InChI=1S/C16H19N3O2/c1-11-6-7-13(19(20)21)15-14(10-12(2)17-16(11)15)18-8-4-3-5-9-18/h6-7,10H,3-5,8-9H2,1-2H3. The van der Waals surface area contributed by atoms with Crippen molar-refractivity contribution in [1.82, 2.24) is 4.98 Å². The van der Waals surface area contributed by atoms with E-state index < -0.39 is 0 Å². The summed E-state index contributed by atoms with van der Waals surface area (Å²) < 4.78 is 0. The van der Waals surface area contributed by atoms with E-state index in [-0.39, 0.29) is 10.6 Å². The second kappa shape index (κ2) is 5.31. The Hall–Kier alpha value is -2.17. The molecule has 3 rings (SSSR count). The molecule has 2 heterocycles. The SMILES string of the molecule is Cc1cc(N2CCCCC2)c2c([N+](=O)[O-])ccc(C)c2n1. The summed E-state index contributed by atoms with van der Waals surface area (Å²) in [6, 6.07) is 5.37. The lowest BCUT2D eigenvalue weighted by Gasteiger charge is -2.30. The highest BCUT2D eigenvalue weighted by molar-refractivity contribution is 6.00. The van der Waals surface area contributed by atoms with E-state index in [9.17, 15) is 10.1 Å². The summed E-state index contributed by atoms with van der Waals surface area (Å²) in [6.45, 7) is 5.83. The number of nitro groups is 1. The molecule has 5 nitrogen and oxygen atoms in total. The molecule has 0 bridgehead atoms. The lowest BCUT2D eigenvalue weighted by atomic mass is 10.0. The highest BCUT2D eigenvalue weighted by atomic mass is 16.6. The molecule has 0 saturated carbocycles. The number of fused-ring (bicyclic) bond motifs is 1. The zero-order valence-electron chi connectivity index (χ0n) is 12.4. The first-order valence-corrected chi connectivity index (χ1v) is 7.38. The molecule has 1 aliphatic rings. The van der Waals surface area contributed by atoms with Crippen molar-refractivity contribution in [3.05, 3.63) is 39.6 Å². The Kier molecular flexibility index (Phi) is 3.49. The summed E-state index contributed by atoms with van der Waals surface area (Å²) in [5.74, 6) is 0. The van der Waals surface area contributed by atoms with Crippen molar-refractivity contribution < 1.29 is 4.92 Å². The minimum atomic E-state index is -0.299. The first-order valence-electron chi connectivity index (χ1n) is 7.38. The van der Waals surface area contributed by atoms with Crippen molar-refractivity contribution in [3.8, 4) is 0 Å². The van der Waals surface area contributed by atoms with Crippen LogP contribution in [0.2, 0.25) is 0 Å². The maximum absolute atomic E-state index is 11.4. The predicted molar refractivity (Wildman–Crippen MR) is 83.9 cm³/mol. The van der Waals surface area contributed by atoms with Crippen molar-refractivity contribution >= 4 is 22.3 Å². The van der Waals surface area contributed by atoms with Crippen molar-refractivity contribution in [2.45, 2.75) is 33.1 Å². The van der Waals surface area contributed by atoms with Crippen LogP contribution in [0.25, 0.3) is 10.9 Å². The molecule has 5 heteroatoms. The monoisotopic (exact) mass is 285 g/mol. The number of nitro benzene ring substituents is 1. The van der Waals surface area contributed by atoms with Gasteiger partial charge in [-0.1, -0.05) is 6.07 Å². The summed E-state index contributed by atoms with van der Waals surface area (Å²) in [4.78, 5) is 17.9. The summed E-state index contributed by atoms with van der Waals surface area (Å²) >= 11 is 0. The predicted octanol–water partition coefficient (Wildman–Crippen LogP) is 3.75. The second-order valence-corrected chi connectivity index (χ2v) is 5.71. The Morgan fingerprint density at radius 2 is 1.90 bits per heavy atom.